The number of hydrogen-bond donors (Lipinski definition) is 1. The molecule has 6 nitrogen and oxygen atoms in total. The summed E-state index contributed by atoms with van der Waals surface area (Å²) in [6.07, 6.45) is 1.70. The topological polar surface area (TPSA) is 69.0 Å². The van der Waals surface area contributed by atoms with Gasteiger partial charge in [-0.25, -0.2) is 4.68 Å². The lowest BCUT2D eigenvalue weighted by Crippen LogP contribution is -2.16. The van der Waals surface area contributed by atoms with E-state index >= 15 is 0 Å². The first-order valence-electron chi connectivity index (χ1n) is 3.87. The van der Waals surface area contributed by atoms with Gasteiger partial charge in [0.05, 0.1) is 13.0 Å². The third-order valence-electron chi connectivity index (χ3n) is 1.50. The molecule has 0 spiro atoms. The predicted octanol–water partition coefficient (Wildman–Crippen LogP) is -0.210. The van der Waals surface area contributed by atoms with E-state index in [4.69, 9.17) is 4.74 Å². The summed E-state index contributed by atoms with van der Waals surface area (Å²) in [4.78, 5) is 15.0. The van der Waals surface area contributed by atoms with Crippen molar-refractivity contribution in [2.75, 3.05) is 19.0 Å². The van der Waals surface area contributed by atoms with Crippen LogP contribution in [0.25, 0.3) is 0 Å². The van der Waals surface area contributed by atoms with Crippen LogP contribution in [-0.4, -0.2) is 34.4 Å². The lowest BCUT2D eigenvalue weighted by atomic mass is 10.4. The van der Waals surface area contributed by atoms with Crippen molar-refractivity contribution >= 4 is 11.9 Å². The van der Waals surface area contributed by atoms with Gasteiger partial charge in [-0.2, -0.15) is 10.1 Å². The molecule has 0 fully saturated rings. The number of anilines is 1. The molecule has 1 rings (SSSR count). The minimum Gasteiger partial charge on any atom is -0.384 e. The van der Waals surface area contributed by atoms with E-state index in [2.05, 4.69) is 15.4 Å². The van der Waals surface area contributed by atoms with Gasteiger partial charge in [0.1, 0.15) is 6.33 Å². The number of ether oxygens (including phenoxy) is 1. The molecular formula is C7H12N4O2. The maximum atomic E-state index is 11.1. The summed E-state index contributed by atoms with van der Waals surface area (Å²) in [7, 11) is 3.26. The lowest BCUT2D eigenvalue weighted by Gasteiger charge is -2.02. The van der Waals surface area contributed by atoms with E-state index in [1.807, 2.05) is 0 Å². The molecule has 1 heterocycles. The largest absolute Gasteiger partial charge is 0.384 e. The number of rotatable bonds is 4. The van der Waals surface area contributed by atoms with Crippen LogP contribution < -0.4 is 5.32 Å². The van der Waals surface area contributed by atoms with Crippen molar-refractivity contribution in [3.63, 3.8) is 0 Å². The Hall–Kier alpha value is -1.43. The van der Waals surface area contributed by atoms with Gasteiger partial charge in [0, 0.05) is 14.2 Å². The summed E-state index contributed by atoms with van der Waals surface area (Å²) in [5.41, 5.74) is 0. The first-order valence-corrected chi connectivity index (χ1v) is 3.87. The summed E-state index contributed by atoms with van der Waals surface area (Å²) < 4.78 is 6.25. The number of aromatic nitrogens is 3. The third kappa shape index (κ3) is 2.83. The molecule has 0 aliphatic rings. The number of carbonyl (C=O) groups excluding carboxylic acids is 1. The van der Waals surface area contributed by atoms with Gasteiger partial charge in [-0.05, 0) is 0 Å². The zero-order valence-electron chi connectivity index (χ0n) is 7.65. The van der Waals surface area contributed by atoms with Crippen LogP contribution >= 0.6 is 0 Å². The highest BCUT2D eigenvalue weighted by Crippen LogP contribution is 1.98. The van der Waals surface area contributed by atoms with Crippen molar-refractivity contribution in [2.45, 2.75) is 6.42 Å². The van der Waals surface area contributed by atoms with Gasteiger partial charge < -0.3 is 4.74 Å². The molecule has 13 heavy (non-hydrogen) atoms. The number of amides is 1. The molecule has 0 aliphatic carbocycles. The summed E-state index contributed by atoms with van der Waals surface area (Å²) in [6.45, 7) is 0.406. The Morgan fingerprint density at radius 1 is 1.77 bits per heavy atom. The fourth-order valence-electron chi connectivity index (χ4n) is 0.791. The summed E-state index contributed by atoms with van der Waals surface area (Å²) in [5.74, 6) is 0.319. The van der Waals surface area contributed by atoms with E-state index < -0.39 is 0 Å². The molecule has 0 radical (unpaired) electrons. The molecule has 1 amide bonds. The smallest absolute Gasteiger partial charge is 0.229 e. The van der Waals surface area contributed by atoms with Gasteiger partial charge in [-0.3, -0.25) is 10.1 Å². The van der Waals surface area contributed by atoms with Crippen molar-refractivity contribution in [3.8, 4) is 0 Å². The van der Waals surface area contributed by atoms with E-state index in [0.29, 0.717) is 19.0 Å². The molecule has 0 aromatic carbocycles. The first-order chi connectivity index (χ1) is 6.24. The van der Waals surface area contributed by atoms with Gasteiger partial charge >= 0.3 is 0 Å². The van der Waals surface area contributed by atoms with Crippen LogP contribution in [0.5, 0.6) is 0 Å². The van der Waals surface area contributed by atoms with E-state index in [9.17, 15) is 4.79 Å². The molecule has 0 atom stereocenters. The average molecular weight is 184 g/mol. The molecule has 72 valence electrons. The Morgan fingerprint density at radius 2 is 2.54 bits per heavy atom. The molecule has 0 saturated heterocycles. The van der Waals surface area contributed by atoms with Gasteiger partial charge in [0.15, 0.2) is 0 Å². The molecule has 0 aliphatic heterocycles. The highest BCUT2D eigenvalue weighted by Gasteiger charge is 2.05. The van der Waals surface area contributed by atoms with Crippen LogP contribution in [0.4, 0.5) is 5.95 Å². The second-order valence-electron chi connectivity index (χ2n) is 2.50. The second-order valence-corrected chi connectivity index (χ2v) is 2.50. The Kier molecular flexibility index (Phi) is 3.39. The van der Waals surface area contributed by atoms with Gasteiger partial charge in [0.2, 0.25) is 11.9 Å². The molecule has 0 unspecified atom stereocenters. The number of carbonyl (C=O) groups is 1. The normalized spacial score (nSPS) is 10.0. The van der Waals surface area contributed by atoms with E-state index in [0.717, 1.165) is 0 Å². The first kappa shape index (κ1) is 9.66. The van der Waals surface area contributed by atoms with Crippen LogP contribution in [0.1, 0.15) is 6.42 Å². The average Bonchev–Trinajstić information content (AvgIpc) is 2.48. The zero-order chi connectivity index (χ0) is 9.68. The number of hydrogen-bond acceptors (Lipinski definition) is 4. The Morgan fingerprint density at radius 3 is 3.08 bits per heavy atom. The van der Waals surface area contributed by atoms with Crippen LogP contribution in [-0.2, 0) is 16.6 Å². The van der Waals surface area contributed by atoms with Crippen molar-refractivity contribution < 1.29 is 9.53 Å². The molecule has 6 heteroatoms. The standard InChI is InChI=1S/C7H12N4O2/c1-11-7(8-5-9-11)10-6(12)3-4-13-2/h5H,3-4H2,1-2H3,(H,8,9,10,12). The maximum Gasteiger partial charge on any atom is 0.229 e. The Labute approximate surface area is 75.9 Å². The van der Waals surface area contributed by atoms with E-state index in [1.165, 1.54) is 11.0 Å². The predicted molar refractivity (Wildman–Crippen MR) is 46.1 cm³/mol. The monoisotopic (exact) mass is 184 g/mol. The van der Waals surface area contributed by atoms with Gasteiger partial charge in [-0.1, -0.05) is 0 Å². The van der Waals surface area contributed by atoms with E-state index in [1.54, 1.807) is 14.2 Å². The van der Waals surface area contributed by atoms with Crippen molar-refractivity contribution in [3.05, 3.63) is 6.33 Å². The van der Waals surface area contributed by atoms with Crippen LogP contribution in [0, 0.1) is 0 Å². The number of aryl methyl sites for hydroxylation is 1. The molecule has 0 saturated carbocycles. The number of nitrogens with one attached hydrogen (secondary N) is 1. The minimum absolute atomic E-state index is 0.127. The summed E-state index contributed by atoms with van der Waals surface area (Å²) in [5, 5.41) is 6.40. The highest BCUT2D eigenvalue weighted by atomic mass is 16.5. The van der Waals surface area contributed by atoms with E-state index in [-0.39, 0.29) is 5.91 Å². The number of nitrogens with zero attached hydrogens (tertiary/aromatic N) is 3. The summed E-state index contributed by atoms with van der Waals surface area (Å²) >= 11 is 0. The molecule has 1 aromatic rings. The van der Waals surface area contributed by atoms with Crippen LogP contribution in [0.2, 0.25) is 0 Å². The Bertz CT molecular complexity index is 284. The maximum absolute atomic E-state index is 11.1. The summed E-state index contributed by atoms with van der Waals surface area (Å²) in [6, 6.07) is 0. The minimum atomic E-state index is -0.127. The van der Waals surface area contributed by atoms with Crippen LogP contribution in [0.3, 0.4) is 0 Å². The van der Waals surface area contributed by atoms with Crippen molar-refractivity contribution in [2.24, 2.45) is 7.05 Å². The second kappa shape index (κ2) is 4.56. The highest BCUT2D eigenvalue weighted by molar-refractivity contribution is 5.88. The fourth-order valence-corrected chi connectivity index (χ4v) is 0.791. The molecule has 0 bridgehead atoms. The van der Waals surface area contributed by atoms with Gasteiger partial charge in [-0.15, -0.1) is 0 Å². The fraction of sp³-hybridized carbons (Fsp3) is 0.571. The molecular weight excluding hydrogens is 172 g/mol. The van der Waals surface area contributed by atoms with Crippen LogP contribution in [0.15, 0.2) is 6.33 Å². The third-order valence-corrected chi connectivity index (χ3v) is 1.50. The molecule has 1 aromatic heterocycles. The van der Waals surface area contributed by atoms with Gasteiger partial charge in [0.25, 0.3) is 0 Å². The Balaban J connectivity index is 2.41. The quantitative estimate of drug-likeness (QED) is 0.703. The zero-order valence-corrected chi connectivity index (χ0v) is 7.65. The number of methoxy groups -OCH3 is 1. The van der Waals surface area contributed by atoms with Crippen molar-refractivity contribution in [1.29, 1.82) is 0 Å². The van der Waals surface area contributed by atoms with Crippen molar-refractivity contribution in [1.82, 2.24) is 14.8 Å². The molecule has 1 N–H and O–H groups in total. The lowest BCUT2D eigenvalue weighted by molar-refractivity contribution is -0.117. The SMILES string of the molecule is COCCC(=O)Nc1ncnn1C.